The van der Waals surface area contributed by atoms with E-state index in [1.54, 1.807) is 22.9 Å². The van der Waals surface area contributed by atoms with Crippen molar-refractivity contribution in [3.63, 3.8) is 0 Å². The minimum absolute atomic E-state index is 0.0157. The monoisotopic (exact) mass is 340 g/mol. The summed E-state index contributed by atoms with van der Waals surface area (Å²) in [7, 11) is 4.62. The number of aliphatic hydroxyl groups is 1. The zero-order chi connectivity index (χ0) is 15.9. The first-order valence-corrected chi connectivity index (χ1v) is 9.77. The van der Waals surface area contributed by atoms with Gasteiger partial charge < -0.3 is 14.9 Å². The highest BCUT2D eigenvalue weighted by molar-refractivity contribution is 8.77. The molecule has 0 radical (unpaired) electrons. The van der Waals surface area contributed by atoms with Gasteiger partial charge in [0.05, 0.1) is 17.9 Å². The van der Waals surface area contributed by atoms with Crippen molar-refractivity contribution in [3.05, 3.63) is 23.8 Å². The van der Waals surface area contributed by atoms with E-state index in [1.165, 1.54) is 21.6 Å². The lowest BCUT2D eigenvalue weighted by atomic mass is 9.96. The van der Waals surface area contributed by atoms with Gasteiger partial charge in [0.1, 0.15) is 0 Å². The highest BCUT2D eigenvalue weighted by Gasteiger charge is 2.52. The number of nitrogens with zero attached hydrogens (tertiary/aromatic N) is 2. The highest BCUT2D eigenvalue weighted by atomic mass is 33.1. The summed E-state index contributed by atoms with van der Waals surface area (Å²) in [5, 5.41) is 10.3. The fourth-order valence-electron chi connectivity index (χ4n) is 3.33. The molecular formula is C15H20N2O3S2. The fourth-order valence-corrected chi connectivity index (χ4v) is 6.37. The van der Waals surface area contributed by atoms with E-state index in [0.717, 1.165) is 12.0 Å². The van der Waals surface area contributed by atoms with Gasteiger partial charge in [0.2, 0.25) is 5.91 Å². The predicted molar refractivity (Wildman–Crippen MR) is 89.2 cm³/mol. The molecule has 7 heteroatoms. The molecule has 0 spiro atoms. The fraction of sp³-hybridized carbons (Fsp3) is 0.600. The van der Waals surface area contributed by atoms with Crippen molar-refractivity contribution < 1.29 is 14.7 Å². The Kier molecular flexibility index (Phi) is 4.31. The van der Waals surface area contributed by atoms with E-state index >= 15 is 0 Å². The molecule has 22 heavy (non-hydrogen) atoms. The minimum atomic E-state index is -0.865. The Labute approximate surface area is 138 Å². The summed E-state index contributed by atoms with van der Waals surface area (Å²) in [4.78, 5) is 27.8. The number of fused-ring (bicyclic) bond motifs is 1. The predicted octanol–water partition coefficient (Wildman–Crippen LogP) is 1.40. The van der Waals surface area contributed by atoms with Gasteiger partial charge in [-0.3, -0.25) is 9.59 Å². The number of likely N-dealkylation sites (N-methyl/N-ethyl adjacent to an activating group) is 1. The van der Waals surface area contributed by atoms with Gasteiger partial charge in [-0.2, -0.15) is 0 Å². The number of carbonyl (C=O) groups is 2. The van der Waals surface area contributed by atoms with Crippen LogP contribution in [0.2, 0.25) is 0 Å². The van der Waals surface area contributed by atoms with Gasteiger partial charge >= 0.3 is 0 Å². The lowest BCUT2D eigenvalue weighted by Crippen LogP contribution is -2.61. The van der Waals surface area contributed by atoms with Gasteiger partial charge in [0, 0.05) is 13.6 Å². The van der Waals surface area contributed by atoms with Crippen LogP contribution in [-0.4, -0.2) is 63.1 Å². The Morgan fingerprint density at radius 3 is 3.05 bits per heavy atom. The van der Waals surface area contributed by atoms with Crippen LogP contribution in [0.1, 0.15) is 19.8 Å². The summed E-state index contributed by atoms with van der Waals surface area (Å²) in [5.41, 5.74) is 1.09. The zero-order valence-corrected chi connectivity index (χ0v) is 14.3. The number of allylic oxidation sites excluding steroid dienone is 2. The van der Waals surface area contributed by atoms with Crippen molar-refractivity contribution in [3.8, 4) is 0 Å². The molecule has 0 bridgehead atoms. The van der Waals surface area contributed by atoms with Gasteiger partial charge in [-0.15, -0.1) is 0 Å². The van der Waals surface area contributed by atoms with E-state index in [1.807, 2.05) is 19.1 Å². The Bertz CT molecular complexity index is 563. The Hall–Kier alpha value is -0.920. The van der Waals surface area contributed by atoms with Crippen LogP contribution in [0, 0.1) is 0 Å². The van der Waals surface area contributed by atoms with Crippen LogP contribution in [0.3, 0.4) is 0 Å². The molecule has 0 aromatic heterocycles. The highest BCUT2D eigenvalue weighted by Crippen LogP contribution is 2.47. The topological polar surface area (TPSA) is 60.9 Å². The van der Waals surface area contributed by atoms with Crippen molar-refractivity contribution in [2.24, 2.45) is 0 Å². The lowest BCUT2D eigenvalue weighted by molar-refractivity contribution is -0.147. The maximum atomic E-state index is 13.2. The first-order chi connectivity index (χ1) is 10.5. The van der Waals surface area contributed by atoms with Gasteiger partial charge in [-0.1, -0.05) is 46.7 Å². The Morgan fingerprint density at radius 1 is 1.55 bits per heavy atom. The molecule has 120 valence electrons. The molecule has 5 nitrogen and oxygen atoms in total. The first kappa shape index (κ1) is 16.0. The minimum Gasteiger partial charge on any atom is -0.387 e. The molecule has 2 amide bonds. The van der Waals surface area contributed by atoms with Crippen LogP contribution < -0.4 is 0 Å². The van der Waals surface area contributed by atoms with Crippen molar-refractivity contribution in [1.29, 1.82) is 0 Å². The van der Waals surface area contributed by atoms with E-state index in [0.29, 0.717) is 18.7 Å². The summed E-state index contributed by atoms with van der Waals surface area (Å²) < 4.78 is 0. The number of amides is 2. The molecular weight excluding hydrogens is 320 g/mol. The molecule has 1 aliphatic carbocycles. The number of hydrogen-bond donors (Lipinski definition) is 1. The molecule has 2 saturated heterocycles. The molecule has 3 atom stereocenters. The van der Waals surface area contributed by atoms with Crippen molar-refractivity contribution >= 4 is 33.4 Å². The molecule has 0 aromatic carbocycles. The number of rotatable bonds is 2. The second kappa shape index (κ2) is 5.94. The molecule has 3 rings (SSSR count). The van der Waals surface area contributed by atoms with Crippen LogP contribution in [-0.2, 0) is 9.59 Å². The Morgan fingerprint density at radius 2 is 2.32 bits per heavy atom. The van der Waals surface area contributed by atoms with E-state index in [-0.39, 0.29) is 17.9 Å². The Balaban J connectivity index is 1.91. The number of aliphatic hydroxyl groups excluding tert-OH is 1. The molecule has 0 saturated carbocycles. The molecule has 3 aliphatic rings. The van der Waals surface area contributed by atoms with Gasteiger partial charge in [0.25, 0.3) is 5.91 Å². The number of carbonyl (C=O) groups excluding carboxylic acids is 2. The molecule has 1 unspecified atom stereocenters. The number of hydrogen-bond acceptors (Lipinski definition) is 5. The van der Waals surface area contributed by atoms with E-state index in [9.17, 15) is 14.7 Å². The largest absolute Gasteiger partial charge is 0.387 e. The van der Waals surface area contributed by atoms with Crippen LogP contribution in [0.25, 0.3) is 0 Å². The van der Waals surface area contributed by atoms with E-state index in [2.05, 4.69) is 0 Å². The second-order valence-electron chi connectivity index (χ2n) is 5.75. The van der Waals surface area contributed by atoms with Crippen LogP contribution in [0.4, 0.5) is 0 Å². The molecule has 1 N–H and O–H groups in total. The van der Waals surface area contributed by atoms with E-state index in [4.69, 9.17) is 0 Å². The maximum absolute atomic E-state index is 13.2. The molecule has 2 fully saturated rings. The summed E-state index contributed by atoms with van der Waals surface area (Å²) in [6.45, 7) is 2.54. The number of likely N-dealkylation sites (tertiary alicyclic amines) is 1. The smallest absolute Gasteiger partial charge is 0.260 e. The first-order valence-electron chi connectivity index (χ1n) is 7.45. The van der Waals surface area contributed by atoms with Gasteiger partial charge in [-0.25, -0.2) is 0 Å². The van der Waals surface area contributed by atoms with Gasteiger partial charge in [-0.05, 0) is 18.4 Å². The average Bonchev–Trinajstić information content (AvgIpc) is 2.95. The van der Waals surface area contributed by atoms with E-state index < -0.39 is 11.0 Å². The van der Waals surface area contributed by atoms with Crippen molar-refractivity contribution in [1.82, 2.24) is 9.80 Å². The third kappa shape index (κ3) is 2.30. The summed E-state index contributed by atoms with van der Waals surface area (Å²) in [5.74, 6) is 0.319. The average molecular weight is 340 g/mol. The third-order valence-electron chi connectivity index (χ3n) is 4.67. The van der Waals surface area contributed by atoms with Crippen LogP contribution in [0.5, 0.6) is 0 Å². The van der Waals surface area contributed by atoms with Crippen molar-refractivity contribution in [2.45, 2.75) is 36.8 Å². The normalized spacial score (nSPS) is 34.7. The molecule has 2 aliphatic heterocycles. The third-order valence-corrected chi connectivity index (χ3v) is 7.70. The lowest BCUT2D eigenvalue weighted by Gasteiger charge is -2.45. The standard InChI is InChI=1S/C15H20N2O3S2/c1-3-15(16(2)12(19)9-21-22-15)14(20)17-8-7-10-5-4-6-11(18)13(10)17/h4-6,11,13,18H,3,7-9H2,1-2H3/t11-,13?,15+/m0/s1. The molecule has 2 heterocycles. The van der Waals surface area contributed by atoms with Gasteiger partial charge in [0.15, 0.2) is 4.87 Å². The molecule has 0 aromatic rings. The second-order valence-corrected chi connectivity index (χ2v) is 8.32. The van der Waals surface area contributed by atoms with Crippen molar-refractivity contribution in [2.75, 3.05) is 19.3 Å². The maximum Gasteiger partial charge on any atom is 0.260 e. The SMILES string of the molecule is CC[C@]1(C(=O)N2CCC3=CC=C[C@H](O)C32)SSCC(=O)N1C. The van der Waals surface area contributed by atoms with Crippen LogP contribution in [0.15, 0.2) is 23.8 Å². The quantitative estimate of drug-likeness (QED) is 0.770. The van der Waals surface area contributed by atoms with Crippen LogP contribution >= 0.6 is 21.6 Å². The summed E-state index contributed by atoms with van der Waals surface area (Å²) in [6, 6.07) is -0.281. The zero-order valence-electron chi connectivity index (χ0n) is 12.7. The summed E-state index contributed by atoms with van der Waals surface area (Å²) in [6.07, 6.45) is 6.23. The summed E-state index contributed by atoms with van der Waals surface area (Å²) >= 11 is 0.